The quantitative estimate of drug-likeness (QED) is 0.557. The topological polar surface area (TPSA) is 136 Å². The van der Waals surface area contributed by atoms with Crippen molar-refractivity contribution >= 4 is 29.6 Å². The molecule has 0 radical (unpaired) electrons. The van der Waals surface area contributed by atoms with Gasteiger partial charge in [-0.1, -0.05) is 12.8 Å². The molecule has 0 aliphatic carbocycles. The number of amides is 4. The number of hydrogen-bond acceptors (Lipinski definition) is 5. The predicted molar refractivity (Wildman–Crippen MR) is 119 cm³/mol. The Morgan fingerprint density at radius 1 is 1.00 bits per heavy atom. The first kappa shape index (κ1) is 25.0. The van der Waals surface area contributed by atoms with E-state index in [1.165, 1.54) is 0 Å². The molecule has 3 aliphatic heterocycles. The lowest BCUT2D eigenvalue weighted by Crippen LogP contribution is -2.55. The molecule has 3 fully saturated rings. The van der Waals surface area contributed by atoms with Crippen LogP contribution in [0, 0.1) is 11.3 Å². The van der Waals surface area contributed by atoms with Crippen LogP contribution in [0.2, 0.25) is 0 Å². The zero-order chi connectivity index (χ0) is 24.0. The second-order valence-electron chi connectivity index (χ2n) is 9.67. The summed E-state index contributed by atoms with van der Waals surface area (Å²) in [6, 6.07) is -0.0647. The van der Waals surface area contributed by atoms with E-state index < -0.39 is 11.4 Å². The lowest BCUT2D eigenvalue weighted by molar-refractivity contribution is -0.142. The minimum atomic E-state index is -0.985. The Morgan fingerprint density at radius 3 is 2.39 bits per heavy atom. The van der Waals surface area contributed by atoms with E-state index in [2.05, 4.69) is 10.6 Å². The van der Waals surface area contributed by atoms with Crippen LogP contribution in [0.5, 0.6) is 0 Å². The second-order valence-corrected chi connectivity index (χ2v) is 9.67. The smallest absolute Gasteiger partial charge is 0.303 e. The molecule has 0 aromatic heterocycles. The number of piperidine rings is 2. The molecule has 10 heteroatoms. The van der Waals surface area contributed by atoms with Crippen molar-refractivity contribution in [2.75, 3.05) is 32.7 Å². The Bertz CT molecular complexity index is 777. The van der Waals surface area contributed by atoms with Gasteiger partial charge >= 0.3 is 5.97 Å². The molecule has 3 N–H and O–H groups in total. The molecule has 184 valence electrons. The van der Waals surface area contributed by atoms with Gasteiger partial charge in [-0.25, -0.2) is 0 Å². The van der Waals surface area contributed by atoms with Gasteiger partial charge in [-0.15, -0.1) is 0 Å². The van der Waals surface area contributed by atoms with E-state index in [0.29, 0.717) is 51.9 Å². The van der Waals surface area contributed by atoms with Gasteiger partial charge < -0.3 is 25.5 Å². The summed E-state index contributed by atoms with van der Waals surface area (Å²) in [5.74, 6) is -1.36. The Morgan fingerprint density at radius 2 is 1.73 bits per heavy atom. The van der Waals surface area contributed by atoms with Crippen molar-refractivity contribution in [3.63, 3.8) is 0 Å². The molecule has 3 rings (SSSR count). The zero-order valence-corrected chi connectivity index (χ0v) is 19.4. The molecule has 4 amide bonds. The maximum absolute atomic E-state index is 13.1. The summed E-state index contributed by atoms with van der Waals surface area (Å²) < 4.78 is 0. The average molecular weight is 465 g/mol. The van der Waals surface area contributed by atoms with Crippen LogP contribution < -0.4 is 10.6 Å². The number of carboxylic acid groups (broad SMARTS) is 1. The highest BCUT2D eigenvalue weighted by Gasteiger charge is 2.42. The van der Waals surface area contributed by atoms with Crippen LogP contribution in [0.1, 0.15) is 64.7 Å². The zero-order valence-electron chi connectivity index (χ0n) is 19.4. The van der Waals surface area contributed by atoms with E-state index in [9.17, 15) is 24.0 Å². The van der Waals surface area contributed by atoms with Crippen LogP contribution in [0.4, 0.5) is 0 Å². The molecular formula is C23H36N4O6. The first-order valence-corrected chi connectivity index (χ1v) is 12.0. The molecular weight excluding hydrogens is 428 g/mol. The summed E-state index contributed by atoms with van der Waals surface area (Å²) in [5, 5.41) is 14.7. The van der Waals surface area contributed by atoms with E-state index in [4.69, 9.17) is 5.11 Å². The highest BCUT2D eigenvalue weighted by molar-refractivity contribution is 5.88. The molecule has 2 atom stereocenters. The first-order valence-electron chi connectivity index (χ1n) is 12.0. The molecule has 3 aliphatic rings. The lowest BCUT2D eigenvalue weighted by Gasteiger charge is -2.42. The second kappa shape index (κ2) is 11.0. The molecule has 0 aromatic carbocycles. The van der Waals surface area contributed by atoms with E-state index in [1.807, 2.05) is 0 Å². The monoisotopic (exact) mass is 464 g/mol. The normalized spacial score (nSPS) is 26.3. The van der Waals surface area contributed by atoms with Crippen molar-refractivity contribution in [1.82, 2.24) is 20.4 Å². The third-order valence-corrected chi connectivity index (χ3v) is 7.52. The van der Waals surface area contributed by atoms with Crippen LogP contribution in [0.3, 0.4) is 0 Å². The van der Waals surface area contributed by atoms with Crippen molar-refractivity contribution in [3.8, 4) is 0 Å². The van der Waals surface area contributed by atoms with Crippen molar-refractivity contribution in [2.24, 2.45) is 11.3 Å². The number of fused-ring (bicyclic) bond motifs is 1. The number of aliphatic carboxylic acids is 1. The molecule has 0 aromatic rings. The van der Waals surface area contributed by atoms with Gasteiger partial charge in [0.1, 0.15) is 0 Å². The molecule has 0 unspecified atom stereocenters. The minimum Gasteiger partial charge on any atom is -0.481 e. The van der Waals surface area contributed by atoms with Crippen molar-refractivity contribution < 1.29 is 29.1 Å². The summed E-state index contributed by atoms with van der Waals surface area (Å²) in [7, 11) is 0. The molecule has 0 bridgehead atoms. The largest absolute Gasteiger partial charge is 0.481 e. The van der Waals surface area contributed by atoms with E-state index >= 15 is 0 Å². The number of carboxylic acids is 1. The van der Waals surface area contributed by atoms with E-state index in [-0.39, 0.29) is 55.0 Å². The average Bonchev–Trinajstić information content (AvgIpc) is 2.79. The Hall–Kier alpha value is -2.65. The maximum Gasteiger partial charge on any atom is 0.303 e. The van der Waals surface area contributed by atoms with Crippen LogP contribution in [0.25, 0.3) is 0 Å². The fraction of sp³-hybridized carbons (Fsp3) is 0.783. The molecule has 1 spiro atoms. The fourth-order valence-electron chi connectivity index (χ4n) is 5.43. The van der Waals surface area contributed by atoms with Gasteiger partial charge in [-0.3, -0.25) is 24.0 Å². The molecule has 3 saturated heterocycles. The van der Waals surface area contributed by atoms with Gasteiger partial charge in [0.25, 0.3) is 0 Å². The lowest BCUT2D eigenvalue weighted by atomic mass is 9.73. The Labute approximate surface area is 194 Å². The van der Waals surface area contributed by atoms with Crippen molar-refractivity contribution in [2.45, 2.75) is 70.8 Å². The van der Waals surface area contributed by atoms with Crippen molar-refractivity contribution in [3.05, 3.63) is 0 Å². The van der Waals surface area contributed by atoms with Crippen molar-refractivity contribution in [1.29, 1.82) is 0 Å². The van der Waals surface area contributed by atoms with Gasteiger partial charge in [-0.2, -0.15) is 0 Å². The van der Waals surface area contributed by atoms with Gasteiger partial charge in [0.2, 0.25) is 23.6 Å². The van der Waals surface area contributed by atoms with Crippen LogP contribution in [0.15, 0.2) is 0 Å². The fourth-order valence-corrected chi connectivity index (χ4v) is 5.43. The van der Waals surface area contributed by atoms with Gasteiger partial charge in [0, 0.05) is 45.6 Å². The summed E-state index contributed by atoms with van der Waals surface area (Å²) in [4.78, 5) is 64.1. The SMILES string of the molecule is CC(=O)N1CCC2(CCCC[C@H]3CN(C(=O)CCC(=O)O)CC[C@H]3NC(=O)CNC2=O)CC1. The number of nitrogens with one attached hydrogen (secondary N) is 2. The number of rotatable bonds is 3. The molecule has 33 heavy (non-hydrogen) atoms. The third-order valence-electron chi connectivity index (χ3n) is 7.52. The number of hydrogen-bond donors (Lipinski definition) is 3. The number of nitrogens with zero attached hydrogens (tertiary/aromatic N) is 2. The van der Waals surface area contributed by atoms with Gasteiger partial charge in [-0.05, 0) is 38.0 Å². The third kappa shape index (κ3) is 6.45. The standard InChI is InChI=1S/C23H36N4O6/c1-16(28)26-12-9-23(10-13-26)8-3-2-4-17-15-27(20(30)5-6-21(31)32)11-7-18(17)25-19(29)14-24-22(23)33/h17-18H,2-15H2,1H3,(H,24,33)(H,25,29)(H,31,32)/t17-,18+/m0/s1. The highest BCUT2D eigenvalue weighted by atomic mass is 16.4. The number of carbonyl (C=O) groups is 5. The molecule has 3 heterocycles. The van der Waals surface area contributed by atoms with E-state index in [1.54, 1.807) is 16.7 Å². The van der Waals surface area contributed by atoms with E-state index in [0.717, 1.165) is 19.3 Å². The summed E-state index contributed by atoms with van der Waals surface area (Å²) in [6.07, 6.45) is 4.89. The first-order chi connectivity index (χ1) is 15.7. The van der Waals surface area contributed by atoms with Crippen LogP contribution in [-0.2, 0) is 24.0 Å². The van der Waals surface area contributed by atoms with Crippen LogP contribution in [-0.4, -0.2) is 83.3 Å². The highest BCUT2D eigenvalue weighted by Crippen LogP contribution is 2.38. The minimum absolute atomic E-state index is 0.00902. The van der Waals surface area contributed by atoms with Gasteiger partial charge in [0.15, 0.2) is 0 Å². The number of carbonyl (C=O) groups excluding carboxylic acids is 4. The van der Waals surface area contributed by atoms with Crippen LogP contribution >= 0.6 is 0 Å². The number of likely N-dealkylation sites (tertiary alicyclic amines) is 2. The summed E-state index contributed by atoms with van der Waals surface area (Å²) >= 11 is 0. The van der Waals surface area contributed by atoms with Gasteiger partial charge in [0.05, 0.1) is 18.4 Å². The maximum atomic E-state index is 13.1. The predicted octanol–water partition coefficient (Wildman–Crippen LogP) is 0.503. The molecule has 10 nitrogen and oxygen atoms in total. The molecule has 0 saturated carbocycles. The Balaban J connectivity index is 1.64. The summed E-state index contributed by atoms with van der Waals surface area (Å²) in [6.45, 7) is 3.55. The Kier molecular flexibility index (Phi) is 8.31. The summed E-state index contributed by atoms with van der Waals surface area (Å²) in [5.41, 5.74) is -0.559.